The number of fused-ring (bicyclic) bond motifs is 1. The third-order valence-electron chi connectivity index (χ3n) is 5.07. The Morgan fingerprint density at radius 1 is 1.00 bits per heavy atom. The monoisotopic (exact) mass is 394 g/mol. The number of anilines is 1. The van der Waals surface area contributed by atoms with Crippen LogP contribution in [-0.4, -0.2) is 69.6 Å². The fourth-order valence-electron chi connectivity index (χ4n) is 3.65. The van der Waals surface area contributed by atoms with E-state index in [0.717, 1.165) is 24.5 Å². The van der Waals surface area contributed by atoms with Crippen molar-refractivity contribution >= 4 is 5.82 Å². The molecule has 9 heteroatoms. The summed E-state index contributed by atoms with van der Waals surface area (Å²) in [7, 11) is 0. The molecule has 0 saturated carbocycles. The molecular weight excluding hydrogens is 372 g/mol. The summed E-state index contributed by atoms with van der Waals surface area (Å²) in [6.07, 6.45) is 5.26. The molecule has 2 fully saturated rings. The van der Waals surface area contributed by atoms with Crippen molar-refractivity contribution in [2.45, 2.75) is 24.8 Å². The summed E-state index contributed by atoms with van der Waals surface area (Å²) in [5, 5.41) is 11.7. The molecule has 2 atom stereocenters. The molecule has 5 heterocycles. The number of likely N-dealkylation sites (tertiary alicyclic amines) is 1. The summed E-state index contributed by atoms with van der Waals surface area (Å²) in [5.74, 6) is 1.90. The molecule has 9 nitrogen and oxygen atoms in total. The summed E-state index contributed by atoms with van der Waals surface area (Å²) in [5.41, 5.74) is 0.816. The average Bonchev–Trinajstić information content (AvgIpc) is 3.34. The Bertz CT molecular complexity index is 906. The Hall–Kier alpha value is -2.88. The van der Waals surface area contributed by atoms with Gasteiger partial charge in [-0.05, 0) is 24.3 Å². The molecule has 2 saturated heterocycles. The Morgan fingerprint density at radius 3 is 2.59 bits per heavy atom. The first-order valence-electron chi connectivity index (χ1n) is 9.69. The van der Waals surface area contributed by atoms with E-state index >= 15 is 0 Å². The summed E-state index contributed by atoms with van der Waals surface area (Å²) in [4.78, 5) is 10.6. The first-order chi connectivity index (χ1) is 14.3. The highest BCUT2D eigenvalue weighted by molar-refractivity contribution is 5.49. The molecule has 3 aromatic rings. The third kappa shape index (κ3) is 4.26. The van der Waals surface area contributed by atoms with Gasteiger partial charge in [0.25, 0.3) is 0 Å². The van der Waals surface area contributed by atoms with Crippen molar-refractivity contribution in [1.29, 1.82) is 0 Å². The summed E-state index contributed by atoms with van der Waals surface area (Å²) < 4.78 is 18.0. The zero-order valence-corrected chi connectivity index (χ0v) is 15.8. The maximum absolute atomic E-state index is 6.12. The van der Waals surface area contributed by atoms with Crippen molar-refractivity contribution in [3.63, 3.8) is 0 Å². The van der Waals surface area contributed by atoms with E-state index in [1.807, 2.05) is 30.3 Å². The number of nitrogens with zero attached hydrogens (tertiary/aromatic N) is 5. The zero-order chi connectivity index (χ0) is 19.5. The van der Waals surface area contributed by atoms with Gasteiger partial charge >= 0.3 is 0 Å². The van der Waals surface area contributed by atoms with Gasteiger partial charge in [-0.3, -0.25) is 9.88 Å². The number of hydrogen-bond donors (Lipinski definition) is 1. The minimum Gasteiger partial charge on any atom is -0.419 e. The van der Waals surface area contributed by atoms with Gasteiger partial charge in [0.15, 0.2) is 0 Å². The van der Waals surface area contributed by atoms with Crippen LogP contribution in [0.15, 0.2) is 53.3 Å². The van der Waals surface area contributed by atoms with Crippen LogP contribution in [-0.2, 0) is 16.0 Å². The normalized spacial score (nSPS) is 22.9. The molecule has 0 spiro atoms. The molecule has 0 radical (unpaired) electrons. The van der Waals surface area contributed by atoms with Crippen LogP contribution >= 0.6 is 0 Å². The van der Waals surface area contributed by atoms with E-state index in [-0.39, 0.29) is 18.2 Å². The highest BCUT2D eigenvalue weighted by atomic mass is 16.6. The van der Waals surface area contributed by atoms with E-state index in [0.29, 0.717) is 31.5 Å². The van der Waals surface area contributed by atoms with E-state index in [4.69, 9.17) is 13.9 Å². The molecule has 5 rings (SSSR count). The molecule has 0 aromatic carbocycles. The summed E-state index contributed by atoms with van der Waals surface area (Å²) in [6, 6.07) is 9.62. The van der Waals surface area contributed by atoms with E-state index in [1.54, 1.807) is 18.6 Å². The number of ether oxygens (including phenoxy) is 2. The first-order valence-corrected chi connectivity index (χ1v) is 9.69. The number of pyridine rings is 2. The fraction of sp³-hybridized carbons (Fsp3) is 0.400. The predicted octanol–water partition coefficient (Wildman–Crippen LogP) is 1.61. The van der Waals surface area contributed by atoms with Crippen LogP contribution < -0.4 is 5.32 Å². The van der Waals surface area contributed by atoms with Crippen LogP contribution in [0.1, 0.15) is 5.89 Å². The van der Waals surface area contributed by atoms with Crippen LogP contribution in [0.5, 0.6) is 0 Å². The molecular formula is C20H22N6O3. The van der Waals surface area contributed by atoms with Gasteiger partial charge in [0.05, 0.1) is 43.6 Å². The topological polar surface area (TPSA) is 98.4 Å². The predicted molar refractivity (Wildman–Crippen MR) is 104 cm³/mol. The highest BCUT2D eigenvalue weighted by Crippen LogP contribution is 2.23. The molecule has 0 amide bonds. The molecule has 3 aromatic heterocycles. The van der Waals surface area contributed by atoms with E-state index in [2.05, 4.69) is 30.4 Å². The van der Waals surface area contributed by atoms with Crippen LogP contribution in [0, 0.1) is 0 Å². The average molecular weight is 394 g/mol. The van der Waals surface area contributed by atoms with Crippen LogP contribution in [0.4, 0.5) is 5.82 Å². The van der Waals surface area contributed by atoms with E-state index in [1.165, 1.54) is 0 Å². The SMILES string of the molecule is c1ccc(NC2CO[C@H]3CN(Cc4nnc(-c5cccnc5)o4)C[C@@H]3OC2)nc1. The number of aromatic nitrogens is 4. The van der Waals surface area contributed by atoms with E-state index in [9.17, 15) is 0 Å². The Morgan fingerprint density at radius 2 is 1.86 bits per heavy atom. The lowest BCUT2D eigenvalue weighted by Crippen LogP contribution is -2.31. The van der Waals surface area contributed by atoms with Crippen molar-refractivity contribution < 1.29 is 13.9 Å². The standard InChI is InChI=1S/C20H22N6O3/c1-2-7-22-18(5-1)23-15-12-27-16-9-26(10-17(16)28-13-15)11-19-24-25-20(29-19)14-4-3-6-21-8-14/h1-8,15-17H,9-13H2,(H,22,23)/t16-,17-/m0/s1. The highest BCUT2D eigenvalue weighted by Gasteiger charge is 2.38. The van der Waals surface area contributed by atoms with Gasteiger partial charge in [-0.15, -0.1) is 10.2 Å². The molecule has 150 valence electrons. The second-order valence-electron chi connectivity index (χ2n) is 7.24. The van der Waals surface area contributed by atoms with Gasteiger partial charge in [0.2, 0.25) is 11.8 Å². The number of nitrogens with one attached hydrogen (secondary N) is 1. The molecule has 0 unspecified atom stereocenters. The van der Waals surface area contributed by atoms with Gasteiger partial charge in [-0.1, -0.05) is 6.07 Å². The van der Waals surface area contributed by atoms with Crippen LogP contribution in [0.3, 0.4) is 0 Å². The number of hydrogen-bond acceptors (Lipinski definition) is 9. The minimum atomic E-state index is 0.0336. The molecule has 0 aliphatic carbocycles. The smallest absolute Gasteiger partial charge is 0.249 e. The van der Waals surface area contributed by atoms with Crippen molar-refractivity contribution in [3.05, 3.63) is 54.8 Å². The number of rotatable bonds is 5. The Labute approximate surface area is 168 Å². The lowest BCUT2D eigenvalue weighted by molar-refractivity contribution is -0.00461. The zero-order valence-electron chi connectivity index (χ0n) is 15.8. The molecule has 0 bridgehead atoms. The van der Waals surface area contributed by atoms with Crippen molar-refractivity contribution in [3.8, 4) is 11.5 Å². The van der Waals surface area contributed by atoms with Gasteiger partial charge < -0.3 is 19.2 Å². The molecule has 1 N–H and O–H groups in total. The fourth-order valence-corrected chi connectivity index (χ4v) is 3.65. The van der Waals surface area contributed by atoms with Gasteiger partial charge in [-0.25, -0.2) is 4.98 Å². The molecule has 29 heavy (non-hydrogen) atoms. The summed E-state index contributed by atoms with van der Waals surface area (Å²) in [6.45, 7) is 3.27. The Balaban J connectivity index is 1.15. The maximum atomic E-state index is 6.12. The molecule has 2 aliphatic rings. The second kappa shape index (κ2) is 8.24. The quantitative estimate of drug-likeness (QED) is 0.692. The first kappa shape index (κ1) is 18.2. The Kier molecular flexibility index (Phi) is 5.16. The van der Waals surface area contributed by atoms with Gasteiger partial charge in [0.1, 0.15) is 5.82 Å². The van der Waals surface area contributed by atoms with Crippen molar-refractivity contribution in [1.82, 2.24) is 25.1 Å². The van der Waals surface area contributed by atoms with Crippen LogP contribution in [0.25, 0.3) is 11.5 Å². The second-order valence-corrected chi connectivity index (χ2v) is 7.24. The lowest BCUT2D eigenvalue weighted by Gasteiger charge is -2.18. The molecule has 2 aliphatic heterocycles. The van der Waals surface area contributed by atoms with Crippen LogP contribution in [0.2, 0.25) is 0 Å². The van der Waals surface area contributed by atoms with Gasteiger partial charge in [-0.2, -0.15) is 0 Å². The maximum Gasteiger partial charge on any atom is 0.249 e. The van der Waals surface area contributed by atoms with Crippen molar-refractivity contribution in [2.24, 2.45) is 0 Å². The van der Waals surface area contributed by atoms with Gasteiger partial charge in [0, 0.05) is 31.7 Å². The van der Waals surface area contributed by atoms with E-state index < -0.39 is 0 Å². The third-order valence-corrected chi connectivity index (χ3v) is 5.07. The summed E-state index contributed by atoms with van der Waals surface area (Å²) >= 11 is 0. The lowest BCUT2D eigenvalue weighted by atomic mass is 10.3. The van der Waals surface area contributed by atoms with Crippen molar-refractivity contribution in [2.75, 3.05) is 31.6 Å². The largest absolute Gasteiger partial charge is 0.419 e. The minimum absolute atomic E-state index is 0.0336.